The summed E-state index contributed by atoms with van der Waals surface area (Å²) in [5.74, 6) is 2.91. The maximum atomic E-state index is 4.51. The lowest BCUT2D eigenvalue weighted by molar-refractivity contribution is 0.375. The van der Waals surface area contributed by atoms with E-state index in [2.05, 4.69) is 71.2 Å². The Kier molecular flexibility index (Phi) is 4.16. The molecule has 1 aromatic rings. The summed E-state index contributed by atoms with van der Waals surface area (Å²) in [5.41, 5.74) is 1.44. The van der Waals surface area contributed by atoms with Crippen LogP contribution >= 0.6 is 11.8 Å². The Morgan fingerprint density at radius 2 is 2.10 bits per heavy atom. The van der Waals surface area contributed by atoms with Crippen molar-refractivity contribution in [3.63, 3.8) is 0 Å². The normalized spacial score (nSPS) is 28.3. The van der Waals surface area contributed by atoms with Gasteiger partial charge in [-0.25, -0.2) is 0 Å². The molecule has 1 saturated carbocycles. The van der Waals surface area contributed by atoms with Crippen LogP contribution in [-0.2, 0) is 0 Å². The number of nitrogens with zero attached hydrogens (tertiary/aromatic N) is 2. The second-order valence-corrected chi connectivity index (χ2v) is 8.38. The van der Waals surface area contributed by atoms with Gasteiger partial charge in [-0.15, -0.1) is 0 Å². The average molecular weight is 303 g/mol. The van der Waals surface area contributed by atoms with Gasteiger partial charge in [-0.1, -0.05) is 30.3 Å². The van der Waals surface area contributed by atoms with Crippen molar-refractivity contribution >= 4 is 17.7 Å². The molecule has 1 aromatic carbocycles. The summed E-state index contributed by atoms with van der Waals surface area (Å²) < 4.78 is 0.318. The van der Waals surface area contributed by atoms with Gasteiger partial charge in [-0.05, 0) is 25.8 Å². The van der Waals surface area contributed by atoms with E-state index in [0.29, 0.717) is 16.7 Å². The van der Waals surface area contributed by atoms with E-state index < -0.39 is 0 Å². The third-order valence-corrected chi connectivity index (χ3v) is 5.57. The Labute approximate surface area is 132 Å². The minimum Gasteiger partial charge on any atom is -0.353 e. The first-order valence-corrected chi connectivity index (χ1v) is 8.75. The van der Waals surface area contributed by atoms with E-state index in [9.17, 15) is 0 Å². The van der Waals surface area contributed by atoms with Crippen molar-refractivity contribution in [3.8, 4) is 0 Å². The molecule has 1 saturated heterocycles. The second-order valence-electron chi connectivity index (χ2n) is 6.58. The summed E-state index contributed by atoms with van der Waals surface area (Å²) in [5, 5.41) is 3.66. The lowest BCUT2D eigenvalue weighted by Crippen LogP contribution is -2.51. The standard InChI is InChI=1S/C17H25N3S/c1-17(2)12-20(9-10-21-17)16(18-3)19-15-11-14(15)13-7-5-4-6-8-13/h4-8,14-15H,9-12H2,1-3H3,(H,18,19). The monoisotopic (exact) mass is 303 g/mol. The van der Waals surface area contributed by atoms with Gasteiger partial charge in [0.25, 0.3) is 0 Å². The molecule has 4 heteroatoms. The van der Waals surface area contributed by atoms with Gasteiger partial charge >= 0.3 is 0 Å². The summed E-state index contributed by atoms with van der Waals surface area (Å²) in [6.07, 6.45) is 1.22. The third kappa shape index (κ3) is 3.54. The molecule has 1 aliphatic carbocycles. The molecule has 1 N–H and O–H groups in total. The highest BCUT2D eigenvalue weighted by atomic mass is 32.2. The van der Waals surface area contributed by atoms with E-state index in [-0.39, 0.29) is 0 Å². The molecule has 2 aliphatic rings. The van der Waals surface area contributed by atoms with Gasteiger partial charge in [0, 0.05) is 42.6 Å². The molecule has 2 atom stereocenters. The maximum Gasteiger partial charge on any atom is 0.193 e. The number of hydrogen-bond donors (Lipinski definition) is 1. The first-order chi connectivity index (χ1) is 10.1. The van der Waals surface area contributed by atoms with E-state index in [4.69, 9.17) is 0 Å². The number of aliphatic imine (C=N–C) groups is 1. The summed E-state index contributed by atoms with van der Waals surface area (Å²) >= 11 is 2.06. The van der Waals surface area contributed by atoms with Crippen molar-refractivity contribution < 1.29 is 0 Å². The Morgan fingerprint density at radius 1 is 1.33 bits per heavy atom. The van der Waals surface area contributed by atoms with Crippen LogP contribution in [0.25, 0.3) is 0 Å². The van der Waals surface area contributed by atoms with Gasteiger partial charge in [0.1, 0.15) is 0 Å². The molecule has 0 spiro atoms. The molecule has 0 bridgehead atoms. The largest absolute Gasteiger partial charge is 0.353 e. The number of nitrogens with one attached hydrogen (secondary N) is 1. The van der Waals surface area contributed by atoms with Crippen molar-refractivity contribution in [2.24, 2.45) is 4.99 Å². The van der Waals surface area contributed by atoms with Crippen molar-refractivity contribution in [3.05, 3.63) is 35.9 Å². The number of guanidine groups is 1. The fraction of sp³-hybridized carbons (Fsp3) is 0.588. The molecule has 0 radical (unpaired) electrons. The molecule has 0 amide bonds. The molecule has 1 aliphatic heterocycles. The number of rotatable bonds is 2. The molecule has 0 aromatic heterocycles. The molecule has 114 valence electrons. The summed E-state index contributed by atoms with van der Waals surface area (Å²) in [7, 11) is 1.90. The van der Waals surface area contributed by atoms with Gasteiger partial charge in [-0.3, -0.25) is 4.99 Å². The predicted molar refractivity (Wildman–Crippen MR) is 92.2 cm³/mol. The van der Waals surface area contributed by atoms with E-state index in [1.165, 1.54) is 17.7 Å². The summed E-state index contributed by atoms with van der Waals surface area (Å²) in [6.45, 7) is 6.80. The Bertz CT molecular complexity index is 512. The Morgan fingerprint density at radius 3 is 2.76 bits per heavy atom. The van der Waals surface area contributed by atoms with Crippen LogP contribution in [0.3, 0.4) is 0 Å². The Balaban J connectivity index is 1.59. The van der Waals surface area contributed by atoms with Crippen LogP contribution < -0.4 is 5.32 Å². The zero-order valence-corrected chi connectivity index (χ0v) is 14.0. The predicted octanol–water partition coefficient (Wildman–Crippen LogP) is 2.95. The maximum absolute atomic E-state index is 4.51. The zero-order chi connectivity index (χ0) is 14.9. The fourth-order valence-electron chi connectivity index (χ4n) is 3.08. The fourth-order valence-corrected chi connectivity index (χ4v) is 4.19. The first-order valence-electron chi connectivity index (χ1n) is 7.76. The molecular weight excluding hydrogens is 278 g/mol. The van der Waals surface area contributed by atoms with Crippen molar-refractivity contribution in [2.75, 3.05) is 25.9 Å². The lowest BCUT2D eigenvalue weighted by atomic mass is 10.1. The van der Waals surface area contributed by atoms with Crippen LogP contribution in [0, 0.1) is 0 Å². The van der Waals surface area contributed by atoms with Crippen LogP contribution in [0.1, 0.15) is 31.7 Å². The van der Waals surface area contributed by atoms with Crippen LogP contribution in [0.2, 0.25) is 0 Å². The lowest BCUT2D eigenvalue weighted by Gasteiger charge is -2.39. The molecule has 3 nitrogen and oxygen atoms in total. The van der Waals surface area contributed by atoms with Crippen LogP contribution in [0.15, 0.2) is 35.3 Å². The van der Waals surface area contributed by atoms with Crippen molar-refractivity contribution in [1.29, 1.82) is 0 Å². The first kappa shape index (κ1) is 14.8. The minimum atomic E-state index is 0.318. The number of thioether (sulfide) groups is 1. The average Bonchev–Trinajstić information content (AvgIpc) is 3.24. The topological polar surface area (TPSA) is 27.6 Å². The summed E-state index contributed by atoms with van der Waals surface area (Å²) in [6, 6.07) is 11.4. The smallest absolute Gasteiger partial charge is 0.193 e. The van der Waals surface area contributed by atoms with Gasteiger partial charge in [0.05, 0.1) is 0 Å². The van der Waals surface area contributed by atoms with Crippen LogP contribution in [0.4, 0.5) is 0 Å². The molecule has 2 fully saturated rings. The zero-order valence-electron chi connectivity index (χ0n) is 13.2. The molecule has 3 rings (SSSR count). The second kappa shape index (κ2) is 5.91. The van der Waals surface area contributed by atoms with Gasteiger partial charge < -0.3 is 10.2 Å². The molecule has 21 heavy (non-hydrogen) atoms. The SMILES string of the molecule is CN=C(NC1CC1c1ccccc1)N1CCSC(C)(C)C1. The minimum absolute atomic E-state index is 0.318. The van der Waals surface area contributed by atoms with Gasteiger partial charge in [0.15, 0.2) is 5.96 Å². The van der Waals surface area contributed by atoms with Gasteiger partial charge in [0.2, 0.25) is 0 Å². The van der Waals surface area contributed by atoms with E-state index >= 15 is 0 Å². The molecular formula is C17H25N3S. The number of hydrogen-bond acceptors (Lipinski definition) is 2. The highest BCUT2D eigenvalue weighted by Gasteiger charge is 2.40. The Hall–Kier alpha value is -1.16. The van der Waals surface area contributed by atoms with E-state index in [0.717, 1.165) is 19.0 Å². The number of benzene rings is 1. The van der Waals surface area contributed by atoms with E-state index in [1.54, 1.807) is 0 Å². The highest BCUT2D eigenvalue weighted by molar-refractivity contribution is 8.00. The third-order valence-electron chi connectivity index (χ3n) is 4.27. The van der Waals surface area contributed by atoms with Crippen molar-refractivity contribution in [2.45, 2.75) is 37.0 Å². The molecule has 2 unspecified atom stereocenters. The highest BCUT2D eigenvalue weighted by Crippen LogP contribution is 2.40. The van der Waals surface area contributed by atoms with Gasteiger partial charge in [-0.2, -0.15) is 11.8 Å². The van der Waals surface area contributed by atoms with Crippen molar-refractivity contribution in [1.82, 2.24) is 10.2 Å². The van der Waals surface area contributed by atoms with E-state index in [1.807, 2.05) is 7.05 Å². The van der Waals surface area contributed by atoms with Crippen LogP contribution in [-0.4, -0.2) is 47.5 Å². The van der Waals surface area contributed by atoms with Crippen LogP contribution in [0.5, 0.6) is 0 Å². The quantitative estimate of drug-likeness (QED) is 0.672. The summed E-state index contributed by atoms with van der Waals surface area (Å²) in [4.78, 5) is 6.92. The molecule has 1 heterocycles.